The third kappa shape index (κ3) is 6.83. The number of nitrogens with two attached hydrogens (primary N) is 1. The molecule has 1 aromatic carbocycles. The number of anilines is 1. The summed E-state index contributed by atoms with van der Waals surface area (Å²) in [7, 11) is -3.57. The summed E-state index contributed by atoms with van der Waals surface area (Å²) in [4.78, 5) is 27.9. The molecule has 3 N–H and O–H groups in total. The second kappa shape index (κ2) is 11.8. The number of sulfone groups is 1. The van der Waals surface area contributed by atoms with Crippen molar-refractivity contribution in [1.82, 2.24) is 14.7 Å². The van der Waals surface area contributed by atoms with E-state index in [1.165, 1.54) is 18.2 Å². The molecule has 12 heteroatoms. The molecule has 0 radical (unpaired) electrons. The Morgan fingerprint density at radius 2 is 1.92 bits per heavy atom. The maximum Gasteiger partial charge on any atom is 0.271 e. The fraction of sp³-hybridized carbons (Fsp3) is 0.542. The van der Waals surface area contributed by atoms with Crippen LogP contribution in [0.3, 0.4) is 0 Å². The predicted molar refractivity (Wildman–Crippen MR) is 135 cm³/mol. The molecule has 0 bridgehead atoms. The normalized spacial score (nSPS) is 14.7. The van der Waals surface area contributed by atoms with E-state index in [0.717, 1.165) is 19.3 Å². The van der Waals surface area contributed by atoms with Crippen LogP contribution < -0.4 is 15.8 Å². The SMILES string of the molecule is CCc1c(NC(=O)c2cc(S(C)(=O)=O)ccc2OCC(C)C)c(C(N)=O)nn1CCN1CCOCC1. The summed E-state index contributed by atoms with van der Waals surface area (Å²) in [6.07, 6.45) is 1.55. The van der Waals surface area contributed by atoms with Crippen molar-refractivity contribution in [3.05, 3.63) is 35.2 Å². The predicted octanol–water partition coefficient (Wildman–Crippen LogP) is 1.57. The van der Waals surface area contributed by atoms with Crippen LogP contribution in [0.1, 0.15) is 47.3 Å². The fourth-order valence-electron chi connectivity index (χ4n) is 3.89. The van der Waals surface area contributed by atoms with E-state index < -0.39 is 21.7 Å². The number of ether oxygens (including phenoxy) is 2. The van der Waals surface area contributed by atoms with Gasteiger partial charge in [-0.15, -0.1) is 0 Å². The highest BCUT2D eigenvalue weighted by molar-refractivity contribution is 7.90. The Morgan fingerprint density at radius 1 is 1.22 bits per heavy atom. The number of morpholine rings is 1. The summed E-state index contributed by atoms with van der Waals surface area (Å²) in [6, 6.07) is 4.14. The van der Waals surface area contributed by atoms with Gasteiger partial charge in [0.1, 0.15) is 5.75 Å². The van der Waals surface area contributed by atoms with Crippen LogP contribution >= 0.6 is 0 Å². The lowest BCUT2D eigenvalue weighted by Gasteiger charge is -2.26. The molecule has 0 atom stereocenters. The summed E-state index contributed by atoms with van der Waals surface area (Å²) in [5.41, 5.74) is 6.46. The molecule has 198 valence electrons. The van der Waals surface area contributed by atoms with E-state index in [2.05, 4.69) is 15.3 Å². The van der Waals surface area contributed by atoms with Crippen LogP contribution in [0.5, 0.6) is 5.75 Å². The number of primary amides is 1. The van der Waals surface area contributed by atoms with Gasteiger partial charge in [-0.2, -0.15) is 5.10 Å². The molecule has 2 aromatic rings. The molecule has 1 saturated heterocycles. The molecule has 2 amide bonds. The van der Waals surface area contributed by atoms with Gasteiger partial charge < -0.3 is 20.5 Å². The molecule has 3 rings (SSSR count). The highest BCUT2D eigenvalue weighted by atomic mass is 32.2. The third-order valence-corrected chi connectivity index (χ3v) is 6.90. The number of rotatable bonds is 11. The number of carbonyl (C=O) groups is 2. The second-order valence-electron chi connectivity index (χ2n) is 9.15. The Hall–Kier alpha value is -2.96. The first kappa shape index (κ1) is 27.6. The molecular weight excluding hydrogens is 486 g/mol. The van der Waals surface area contributed by atoms with E-state index in [9.17, 15) is 18.0 Å². The van der Waals surface area contributed by atoms with Crippen LogP contribution in [0.2, 0.25) is 0 Å². The van der Waals surface area contributed by atoms with Crippen molar-refractivity contribution in [2.24, 2.45) is 11.7 Å². The van der Waals surface area contributed by atoms with Crippen LogP contribution in [0, 0.1) is 5.92 Å². The largest absolute Gasteiger partial charge is 0.492 e. The van der Waals surface area contributed by atoms with Gasteiger partial charge in [-0.25, -0.2) is 8.42 Å². The zero-order valence-corrected chi connectivity index (χ0v) is 22.1. The average molecular weight is 522 g/mol. The minimum Gasteiger partial charge on any atom is -0.492 e. The lowest BCUT2D eigenvalue weighted by atomic mass is 10.1. The number of aromatic nitrogens is 2. The molecule has 36 heavy (non-hydrogen) atoms. The van der Waals surface area contributed by atoms with Crippen molar-refractivity contribution >= 4 is 27.3 Å². The van der Waals surface area contributed by atoms with Crippen molar-refractivity contribution in [1.29, 1.82) is 0 Å². The van der Waals surface area contributed by atoms with Gasteiger partial charge in [0.15, 0.2) is 15.5 Å². The minimum atomic E-state index is -3.57. The summed E-state index contributed by atoms with van der Waals surface area (Å²) in [5.74, 6) is -0.962. The summed E-state index contributed by atoms with van der Waals surface area (Å²) >= 11 is 0. The van der Waals surface area contributed by atoms with Crippen molar-refractivity contribution in [2.75, 3.05) is 51.0 Å². The first-order valence-electron chi connectivity index (χ1n) is 12.0. The van der Waals surface area contributed by atoms with Crippen LogP contribution in [0.15, 0.2) is 23.1 Å². The Kier molecular flexibility index (Phi) is 9.09. The van der Waals surface area contributed by atoms with Gasteiger partial charge in [0, 0.05) is 25.9 Å². The topological polar surface area (TPSA) is 146 Å². The highest BCUT2D eigenvalue weighted by Crippen LogP contribution is 2.27. The van der Waals surface area contributed by atoms with Gasteiger partial charge in [-0.05, 0) is 30.5 Å². The van der Waals surface area contributed by atoms with Gasteiger partial charge in [0.05, 0.1) is 48.2 Å². The molecular formula is C24H35N5O6S. The van der Waals surface area contributed by atoms with E-state index >= 15 is 0 Å². The number of carbonyl (C=O) groups excluding carboxylic acids is 2. The van der Waals surface area contributed by atoms with Gasteiger partial charge in [-0.1, -0.05) is 20.8 Å². The maximum absolute atomic E-state index is 13.4. The minimum absolute atomic E-state index is 0.0170. The van der Waals surface area contributed by atoms with Gasteiger partial charge in [0.2, 0.25) is 0 Å². The number of amides is 2. The lowest BCUT2D eigenvalue weighted by molar-refractivity contribution is 0.0358. The van der Waals surface area contributed by atoms with Crippen LogP contribution in [-0.2, 0) is 27.5 Å². The molecule has 0 saturated carbocycles. The number of nitrogens with one attached hydrogen (secondary N) is 1. The smallest absolute Gasteiger partial charge is 0.271 e. The Balaban J connectivity index is 1.94. The molecule has 1 aliphatic heterocycles. The monoisotopic (exact) mass is 521 g/mol. The molecule has 0 unspecified atom stereocenters. The molecule has 11 nitrogen and oxygen atoms in total. The zero-order chi connectivity index (χ0) is 26.5. The van der Waals surface area contributed by atoms with E-state index in [4.69, 9.17) is 15.2 Å². The Bertz CT molecular complexity index is 1200. The first-order chi connectivity index (χ1) is 17.0. The van der Waals surface area contributed by atoms with Crippen LogP contribution in [-0.4, -0.2) is 80.6 Å². The molecule has 0 aliphatic carbocycles. The van der Waals surface area contributed by atoms with Crippen molar-refractivity contribution < 1.29 is 27.5 Å². The van der Waals surface area contributed by atoms with Gasteiger partial charge in [0.25, 0.3) is 11.8 Å². The number of hydrogen-bond donors (Lipinski definition) is 2. The number of hydrogen-bond acceptors (Lipinski definition) is 8. The second-order valence-corrected chi connectivity index (χ2v) is 11.2. The van der Waals surface area contributed by atoms with Crippen molar-refractivity contribution in [3.8, 4) is 5.75 Å². The molecule has 1 aliphatic rings. The van der Waals surface area contributed by atoms with Crippen molar-refractivity contribution in [3.63, 3.8) is 0 Å². The Morgan fingerprint density at radius 3 is 2.50 bits per heavy atom. The lowest BCUT2D eigenvalue weighted by Crippen LogP contribution is -2.38. The number of nitrogens with zero attached hydrogens (tertiary/aromatic N) is 3. The van der Waals surface area contributed by atoms with E-state index in [1.807, 2.05) is 20.8 Å². The zero-order valence-electron chi connectivity index (χ0n) is 21.2. The quantitative estimate of drug-likeness (QED) is 0.453. The molecule has 1 aromatic heterocycles. The third-order valence-electron chi connectivity index (χ3n) is 5.79. The molecule has 0 spiro atoms. The summed E-state index contributed by atoms with van der Waals surface area (Å²) in [6.45, 7) is 10.3. The van der Waals surface area contributed by atoms with Crippen molar-refractivity contribution in [2.45, 2.75) is 38.6 Å². The standard InChI is InChI=1S/C24H35N5O6S/c1-5-19-21(22(23(25)30)27-29(19)9-8-28-10-12-34-13-11-28)26-24(31)18-14-17(36(4,32)33)6-7-20(18)35-15-16(2)3/h6-7,14,16H,5,8-13,15H2,1-4H3,(H2,25,30)(H,26,31). The highest BCUT2D eigenvalue weighted by Gasteiger charge is 2.25. The Labute approximate surface area is 211 Å². The molecule has 1 fully saturated rings. The van der Waals surface area contributed by atoms with E-state index in [-0.39, 0.29) is 33.5 Å². The first-order valence-corrected chi connectivity index (χ1v) is 13.9. The van der Waals surface area contributed by atoms with Gasteiger partial charge in [-0.3, -0.25) is 19.2 Å². The summed E-state index contributed by atoms with van der Waals surface area (Å²) < 4.78 is 37.1. The summed E-state index contributed by atoms with van der Waals surface area (Å²) in [5, 5.41) is 7.15. The van der Waals surface area contributed by atoms with Crippen LogP contribution in [0.4, 0.5) is 5.69 Å². The average Bonchev–Trinajstić information content (AvgIpc) is 3.18. The fourth-order valence-corrected chi connectivity index (χ4v) is 4.53. The number of benzene rings is 1. The maximum atomic E-state index is 13.4. The van der Waals surface area contributed by atoms with E-state index in [0.29, 0.717) is 45.0 Å². The van der Waals surface area contributed by atoms with E-state index in [1.54, 1.807) is 4.68 Å². The van der Waals surface area contributed by atoms with Gasteiger partial charge >= 0.3 is 0 Å². The van der Waals surface area contributed by atoms with Crippen LogP contribution in [0.25, 0.3) is 0 Å². The molecule has 2 heterocycles.